The fourth-order valence-electron chi connectivity index (χ4n) is 1.99. The van der Waals surface area contributed by atoms with Crippen LogP contribution in [-0.4, -0.2) is 30.7 Å². The summed E-state index contributed by atoms with van der Waals surface area (Å²) in [7, 11) is 0. The molecule has 1 unspecified atom stereocenters. The number of rotatable bonds is 1. The molecule has 1 N–H and O–H groups in total. The lowest BCUT2D eigenvalue weighted by Crippen LogP contribution is -2.49. The van der Waals surface area contributed by atoms with Crippen LogP contribution < -0.4 is 10.2 Å². The van der Waals surface area contributed by atoms with Gasteiger partial charge in [0.25, 0.3) is 0 Å². The van der Waals surface area contributed by atoms with E-state index in [0.29, 0.717) is 6.04 Å². The first-order valence-corrected chi connectivity index (χ1v) is 6.06. The highest BCUT2D eigenvalue weighted by molar-refractivity contribution is 9.10. The predicted molar refractivity (Wildman–Crippen MR) is 66.4 cm³/mol. The van der Waals surface area contributed by atoms with E-state index in [4.69, 9.17) is 0 Å². The summed E-state index contributed by atoms with van der Waals surface area (Å²) in [6.07, 6.45) is 1.87. The van der Waals surface area contributed by atoms with Crippen LogP contribution in [-0.2, 0) is 0 Å². The fourth-order valence-corrected chi connectivity index (χ4v) is 2.43. The molecule has 0 saturated carbocycles. The van der Waals surface area contributed by atoms with Crippen LogP contribution >= 0.6 is 15.9 Å². The molecule has 15 heavy (non-hydrogen) atoms. The molecule has 1 atom stereocenters. The van der Waals surface area contributed by atoms with E-state index in [1.54, 1.807) is 0 Å². The third-order valence-corrected chi connectivity index (χ3v) is 3.12. The number of hydrogen-bond donors (Lipinski definition) is 1. The van der Waals surface area contributed by atoms with Crippen molar-refractivity contribution in [3.05, 3.63) is 22.3 Å². The SMILES string of the molecule is Cc1cc(Br)cnc1N1CCNC(C)C1. The van der Waals surface area contributed by atoms with E-state index in [0.717, 1.165) is 29.9 Å². The minimum Gasteiger partial charge on any atom is -0.354 e. The number of halogens is 1. The monoisotopic (exact) mass is 269 g/mol. The van der Waals surface area contributed by atoms with E-state index in [2.05, 4.69) is 51.0 Å². The molecule has 1 aliphatic rings. The van der Waals surface area contributed by atoms with E-state index < -0.39 is 0 Å². The van der Waals surface area contributed by atoms with Crippen LogP contribution in [0.4, 0.5) is 5.82 Å². The van der Waals surface area contributed by atoms with Gasteiger partial charge in [0, 0.05) is 36.3 Å². The van der Waals surface area contributed by atoms with Crippen LogP contribution in [0.3, 0.4) is 0 Å². The molecule has 4 heteroatoms. The maximum atomic E-state index is 4.49. The number of piperazine rings is 1. The normalized spacial score (nSPS) is 21.8. The predicted octanol–water partition coefficient (Wildman–Crippen LogP) is 1.95. The Bertz CT molecular complexity index is 354. The van der Waals surface area contributed by atoms with Gasteiger partial charge >= 0.3 is 0 Å². The third kappa shape index (κ3) is 2.49. The van der Waals surface area contributed by atoms with Crippen LogP contribution in [0.1, 0.15) is 12.5 Å². The van der Waals surface area contributed by atoms with Crippen LogP contribution in [0.15, 0.2) is 16.7 Å². The molecule has 82 valence electrons. The minimum absolute atomic E-state index is 0.545. The Hall–Kier alpha value is -0.610. The smallest absolute Gasteiger partial charge is 0.131 e. The number of nitrogens with one attached hydrogen (secondary N) is 1. The zero-order valence-corrected chi connectivity index (χ0v) is 10.7. The lowest BCUT2D eigenvalue weighted by molar-refractivity contribution is 0.482. The van der Waals surface area contributed by atoms with Crippen LogP contribution in [0.2, 0.25) is 0 Å². The number of nitrogens with zero attached hydrogens (tertiary/aromatic N) is 2. The van der Waals surface area contributed by atoms with Crippen molar-refractivity contribution in [2.75, 3.05) is 24.5 Å². The molecule has 0 amide bonds. The van der Waals surface area contributed by atoms with Gasteiger partial charge in [-0.1, -0.05) is 0 Å². The van der Waals surface area contributed by atoms with Gasteiger partial charge in [-0.05, 0) is 41.4 Å². The van der Waals surface area contributed by atoms with E-state index in [-0.39, 0.29) is 0 Å². The number of anilines is 1. The van der Waals surface area contributed by atoms with Crippen molar-refractivity contribution in [2.24, 2.45) is 0 Å². The molecule has 0 aliphatic carbocycles. The molecule has 3 nitrogen and oxygen atoms in total. The third-order valence-electron chi connectivity index (χ3n) is 2.69. The second-order valence-electron chi connectivity index (χ2n) is 4.10. The van der Waals surface area contributed by atoms with Crippen LogP contribution in [0.5, 0.6) is 0 Å². The second kappa shape index (κ2) is 4.49. The molecule has 2 rings (SSSR count). The second-order valence-corrected chi connectivity index (χ2v) is 5.01. The van der Waals surface area contributed by atoms with E-state index in [1.165, 1.54) is 5.56 Å². The van der Waals surface area contributed by atoms with Gasteiger partial charge in [-0.25, -0.2) is 4.98 Å². The van der Waals surface area contributed by atoms with Gasteiger partial charge in [0.15, 0.2) is 0 Å². The summed E-state index contributed by atoms with van der Waals surface area (Å²) >= 11 is 3.44. The lowest BCUT2D eigenvalue weighted by Gasteiger charge is -2.33. The van der Waals surface area contributed by atoms with Gasteiger partial charge in [-0.15, -0.1) is 0 Å². The zero-order valence-electron chi connectivity index (χ0n) is 9.13. The van der Waals surface area contributed by atoms with Gasteiger partial charge < -0.3 is 10.2 Å². The Labute approximate surface area is 99.0 Å². The summed E-state index contributed by atoms with van der Waals surface area (Å²) in [5.74, 6) is 1.12. The number of hydrogen-bond acceptors (Lipinski definition) is 3. The van der Waals surface area contributed by atoms with Gasteiger partial charge in [0.2, 0.25) is 0 Å². The first-order chi connectivity index (χ1) is 7.16. The minimum atomic E-state index is 0.545. The van der Waals surface area contributed by atoms with Crippen molar-refractivity contribution in [2.45, 2.75) is 19.9 Å². The maximum absolute atomic E-state index is 4.49. The average Bonchev–Trinajstić information content (AvgIpc) is 2.17. The molecule has 0 bridgehead atoms. The summed E-state index contributed by atoms with van der Waals surface area (Å²) < 4.78 is 1.05. The van der Waals surface area contributed by atoms with Crippen LogP contribution in [0, 0.1) is 6.92 Å². The zero-order chi connectivity index (χ0) is 10.8. The first-order valence-electron chi connectivity index (χ1n) is 5.27. The maximum Gasteiger partial charge on any atom is 0.131 e. The Balaban J connectivity index is 2.21. The van der Waals surface area contributed by atoms with Gasteiger partial charge in [0.1, 0.15) is 5.82 Å². The highest BCUT2D eigenvalue weighted by Crippen LogP contribution is 2.21. The molecule has 0 radical (unpaired) electrons. The summed E-state index contributed by atoms with van der Waals surface area (Å²) in [4.78, 5) is 6.84. The van der Waals surface area contributed by atoms with Crippen molar-refractivity contribution >= 4 is 21.7 Å². The quantitative estimate of drug-likeness (QED) is 0.845. The first kappa shape index (κ1) is 10.9. The Morgan fingerprint density at radius 1 is 1.60 bits per heavy atom. The molecular formula is C11H16BrN3. The van der Waals surface area contributed by atoms with Gasteiger partial charge in [-0.3, -0.25) is 0 Å². The average molecular weight is 270 g/mol. The number of aryl methyl sites for hydroxylation is 1. The molecule has 1 saturated heterocycles. The molecule has 2 heterocycles. The van der Waals surface area contributed by atoms with Crippen molar-refractivity contribution in [1.82, 2.24) is 10.3 Å². The molecule has 1 aromatic rings. The molecule has 1 fully saturated rings. The van der Waals surface area contributed by atoms with Crippen molar-refractivity contribution in [3.63, 3.8) is 0 Å². The Morgan fingerprint density at radius 2 is 2.40 bits per heavy atom. The van der Waals surface area contributed by atoms with Crippen molar-refractivity contribution in [1.29, 1.82) is 0 Å². The molecule has 1 aliphatic heterocycles. The standard InChI is InChI=1S/C11H16BrN3/c1-8-5-10(12)6-14-11(8)15-4-3-13-9(2)7-15/h5-6,9,13H,3-4,7H2,1-2H3. The summed E-state index contributed by atoms with van der Waals surface area (Å²) in [6.45, 7) is 7.44. The number of pyridine rings is 1. The highest BCUT2D eigenvalue weighted by atomic mass is 79.9. The lowest BCUT2D eigenvalue weighted by atomic mass is 10.2. The largest absolute Gasteiger partial charge is 0.354 e. The van der Waals surface area contributed by atoms with Gasteiger partial charge in [0.05, 0.1) is 0 Å². The van der Waals surface area contributed by atoms with E-state index in [1.807, 2.05) is 6.20 Å². The Morgan fingerprint density at radius 3 is 3.07 bits per heavy atom. The fraction of sp³-hybridized carbons (Fsp3) is 0.545. The molecule has 0 spiro atoms. The van der Waals surface area contributed by atoms with Crippen molar-refractivity contribution < 1.29 is 0 Å². The van der Waals surface area contributed by atoms with Crippen LogP contribution in [0.25, 0.3) is 0 Å². The molecular weight excluding hydrogens is 254 g/mol. The summed E-state index contributed by atoms with van der Waals surface area (Å²) in [5.41, 5.74) is 1.23. The summed E-state index contributed by atoms with van der Waals surface area (Å²) in [5, 5.41) is 3.43. The van der Waals surface area contributed by atoms with Gasteiger partial charge in [-0.2, -0.15) is 0 Å². The van der Waals surface area contributed by atoms with E-state index >= 15 is 0 Å². The summed E-state index contributed by atoms with van der Waals surface area (Å²) in [6, 6.07) is 2.67. The molecule has 0 aromatic carbocycles. The van der Waals surface area contributed by atoms with E-state index in [9.17, 15) is 0 Å². The topological polar surface area (TPSA) is 28.2 Å². The highest BCUT2D eigenvalue weighted by Gasteiger charge is 2.18. The molecule has 1 aromatic heterocycles. The van der Waals surface area contributed by atoms with Crippen molar-refractivity contribution in [3.8, 4) is 0 Å². The Kier molecular flexibility index (Phi) is 3.26. The number of aromatic nitrogens is 1.